The molecule has 0 saturated carbocycles. The Bertz CT molecular complexity index is 1090. The second-order valence-electron chi connectivity index (χ2n) is 9.52. The van der Waals surface area contributed by atoms with Gasteiger partial charge in [0, 0.05) is 6.54 Å². The SMILES string of the molecule is NCCCC(N)C(=O)NC(CCCN)C(=O)NC(CCc1ccccc1)C(=O)NCc1ccc(OC(F)(F)F)cc1. The number of ether oxygens (including phenoxy) is 1. The van der Waals surface area contributed by atoms with E-state index in [0.717, 1.165) is 17.7 Å². The lowest BCUT2D eigenvalue weighted by Gasteiger charge is -2.24. The summed E-state index contributed by atoms with van der Waals surface area (Å²) in [6, 6.07) is 11.7. The van der Waals surface area contributed by atoms with Gasteiger partial charge in [-0.25, -0.2) is 0 Å². The third-order valence-electron chi connectivity index (χ3n) is 6.21. The summed E-state index contributed by atoms with van der Waals surface area (Å²) in [5, 5.41) is 8.12. The summed E-state index contributed by atoms with van der Waals surface area (Å²) < 4.78 is 41.1. The number of benzene rings is 2. The highest BCUT2D eigenvalue weighted by Crippen LogP contribution is 2.22. The van der Waals surface area contributed by atoms with Crippen molar-refractivity contribution in [3.05, 3.63) is 65.7 Å². The maximum absolute atomic E-state index is 13.3. The first kappa shape index (κ1) is 33.5. The first-order valence-corrected chi connectivity index (χ1v) is 13.4. The van der Waals surface area contributed by atoms with Gasteiger partial charge in [0.1, 0.15) is 17.8 Å². The van der Waals surface area contributed by atoms with Crippen LogP contribution in [0, 0.1) is 0 Å². The molecule has 2 rings (SSSR count). The lowest BCUT2D eigenvalue weighted by Crippen LogP contribution is -2.55. The van der Waals surface area contributed by atoms with Gasteiger partial charge in [-0.05, 0) is 74.9 Å². The molecule has 3 atom stereocenters. The van der Waals surface area contributed by atoms with Gasteiger partial charge in [0.15, 0.2) is 0 Å². The molecule has 13 heteroatoms. The fourth-order valence-electron chi connectivity index (χ4n) is 3.96. The van der Waals surface area contributed by atoms with Gasteiger partial charge in [-0.15, -0.1) is 13.2 Å². The van der Waals surface area contributed by atoms with Crippen LogP contribution in [0.5, 0.6) is 5.75 Å². The molecule has 41 heavy (non-hydrogen) atoms. The molecular formula is C28H39F3N6O4. The molecular weight excluding hydrogens is 541 g/mol. The van der Waals surface area contributed by atoms with Crippen molar-refractivity contribution in [2.45, 2.75) is 69.6 Å². The van der Waals surface area contributed by atoms with Gasteiger partial charge in [0.25, 0.3) is 0 Å². The van der Waals surface area contributed by atoms with E-state index in [2.05, 4.69) is 20.7 Å². The van der Waals surface area contributed by atoms with Crippen LogP contribution >= 0.6 is 0 Å². The zero-order valence-corrected chi connectivity index (χ0v) is 22.8. The van der Waals surface area contributed by atoms with E-state index >= 15 is 0 Å². The maximum atomic E-state index is 13.3. The summed E-state index contributed by atoms with van der Waals surface area (Å²) in [5.41, 5.74) is 18.5. The van der Waals surface area contributed by atoms with Crippen molar-refractivity contribution < 1.29 is 32.3 Å². The summed E-state index contributed by atoms with van der Waals surface area (Å²) >= 11 is 0. The molecule has 0 aliphatic rings. The van der Waals surface area contributed by atoms with Gasteiger partial charge < -0.3 is 37.9 Å². The average Bonchev–Trinajstić information content (AvgIpc) is 2.94. The van der Waals surface area contributed by atoms with Crippen LogP contribution in [-0.2, 0) is 27.3 Å². The molecule has 0 heterocycles. The van der Waals surface area contributed by atoms with E-state index in [0.29, 0.717) is 44.3 Å². The van der Waals surface area contributed by atoms with Crippen molar-refractivity contribution in [1.29, 1.82) is 0 Å². The number of carbonyl (C=O) groups excluding carboxylic acids is 3. The fraction of sp³-hybridized carbons (Fsp3) is 0.464. The summed E-state index contributed by atoms with van der Waals surface area (Å²) in [7, 11) is 0. The van der Waals surface area contributed by atoms with Crippen LogP contribution in [0.3, 0.4) is 0 Å². The van der Waals surface area contributed by atoms with Crippen molar-refractivity contribution in [1.82, 2.24) is 16.0 Å². The number of nitrogens with two attached hydrogens (primary N) is 3. The third kappa shape index (κ3) is 13.0. The molecule has 0 spiro atoms. The van der Waals surface area contributed by atoms with Crippen molar-refractivity contribution in [2.24, 2.45) is 17.2 Å². The number of carbonyl (C=O) groups is 3. The first-order chi connectivity index (χ1) is 19.5. The van der Waals surface area contributed by atoms with Crippen molar-refractivity contribution in [2.75, 3.05) is 13.1 Å². The number of alkyl halides is 3. The van der Waals surface area contributed by atoms with Gasteiger partial charge >= 0.3 is 6.36 Å². The maximum Gasteiger partial charge on any atom is 0.573 e. The second kappa shape index (κ2) is 17.2. The van der Waals surface area contributed by atoms with Crippen LogP contribution in [-0.4, -0.2) is 55.3 Å². The van der Waals surface area contributed by atoms with E-state index in [1.54, 1.807) is 0 Å². The zero-order chi connectivity index (χ0) is 30.3. The number of hydrogen-bond acceptors (Lipinski definition) is 7. The molecule has 0 aliphatic heterocycles. The van der Waals surface area contributed by atoms with Gasteiger partial charge in [0.2, 0.25) is 17.7 Å². The van der Waals surface area contributed by atoms with Crippen LogP contribution < -0.4 is 37.9 Å². The standard InChI is InChI=1S/C28H39F3N6O4/c29-28(30,31)41-21-13-10-20(11-14-21)18-35-26(39)24(15-12-19-6-2-1-3-7-19)37-27(40)23(9-5-17-33)36-25(38)22(34)8-4-16-32/h1-3,6-7,10-11,13-14,22-24H,4-5,8-9,12,15-18,32-34H2,(H,35,39)(H,36,38)(H,37,40). The van der Waals surface area contributed by atoms with E-state index in [1.807, 2.05) is 30.3 Å². The Kier molecular flexibility index (Phi) is 14.1. The van der Waals surface area contributed by atoms with Crippen LogP contribution in [0.4, 0.5) is 13.2 Å². The van der Waals surface area contributed by atoms with Gasteiger partial charge in [-0.3, -0.25) is 14.4 Å². The highest BCUT2D eigenvalue weighted by Gasteiger charge is 2.31. The van der Waals surface area contributed by atoms with Gasteiger partial charge in [-0.1, -0.05) is 42.5 Å². The lowest BCUT2D eigenvalue weighted by molar-refractivity contribution is -0.274. The van der Waals surface area contributed by atoms with E-state index in [4.69, 9.17) is 17.2 Å². The Morgan fingerprint density at radius 1 is 0.756 bits per heavy atom. The largest absolute Gasteiger partial charge is 0.573 e. The molecule has 9 N–H and O–H groups in total. The number of halogens is 3. The zero-order valence-electron chi connectivity index (χ0n) is 22.8. The Hall–Kier alpha value is -3.68. The minimum atomic E-state index is -4.81. The molecule has 10 nitrogen and oxygen atoms in total. The minimum Gasteiger partial charge on any atom is -0.406 e. The van der Waals surface area contributed by atoms with E-state index in [9.17, 15) is 27.6 Å². The van der Waals surface area contributed by atoms with E-state index in [1.165, 1.54) is 12.1 Å². The van der Waals surface area contributed by atoms with Crippen molar-refractivity contribution in [3.8, 4) is 5.75 Å². The molecule has 0 aromatic heterocycles. The molecule has 0 fully saturated rings. The molecule has 0 saturated heterocycles. The third-order valence-corrected chi connectivity index (χ3v) is 6.21. The number of rotatable bonds is 17. The van der Waals surface area contributed by atoms with E-state index in [-0.39, 0.29) is 25.1 Å². The second-order valence-corrected chi connectivity index (χ2v) is 9.52. The van der Waals surface area contributed by atoms with Gasteiger partial charge in [0.05, 0.1) is 6.04 Å². The molecule has 0 radical (unpaired) electrons. The Morgan fingerprint density at radius 3 is 1.95 bits per heavy atom. The number of aryl methyl sites for hydroxylation is 1. The van der Waals surface area contributed by atoms with Crippen LogP contribution in [0.1, 0.15) is 43.2 Å². The average molecular weight is 581 g/mol. The summed E-state index contributed by atoms with van der Waals surface area (Å²) in [6.07, 6.45) is -2.47. The van der Waals surface area contributed by atoms with Crippen LogP contribution in [0.15, 0.2) is 54.6 Å². The smallest absolute Gasteiger partial charge is 0.406 e. The predicted molar refractivity (Wildman–Crippen MR) is 148 cm³/mol. The molecule has 3 amide bonds. The fourth-order valence-corrected chi connectivity index (χ4v) is 3.96. The summed E-state index contributed by atoms with van der Waals surface area (Å²) in [6.45, 7) is 0.678. The predicted octanol–water partition coefficient (Wildman–Crippen LogP) is 1.61. The molecule has 2 aromatic rings. The molecule has 0 aliphatic carbocycles. The van der Waals surface area contributed by atoms with Crippen LogP contribution in [0.25, 0.3) is 0 Å². The Labute approximate surface area is 237 Å². The minimum absolute atomic E-state index is 0.00612. The molecule has 0 bridgehead atoms. The number of nitrogens with one attached hydrogen (secondary N) is 3. The highest BCUT2D eigenvalue weighted by atomic mass is 19.4. The number of hydrogen-bond donors (Lipinski definition) is 6. The molecule has 2 aromatic carbocycles. The topological polar surface area (TPSA) is 175 Å². The molecule has 226 valence electrons. The van der Waals surface area contributed by atoms with Crippen molar-refractivity contribution in [3.63, 3.8) is 0 Å². The van der Waals surface area contributed by atoms with E-state index < -0.39 is 42.2 Å². The molecule has 3 unspecified atom stereocenters. The Morgan fingerprint density at radius 2 is 1.34 bits per heavy atom. The summed E-state index contributed by atoms with van der Waals surface area (Å²) in [5.74, 6) is -1.93. The number of amides is 3. The first-order valence-electron chi connectivity index (χ1n) is 13.4. The quantitative estimate of drug-likeness (QED) is 0.165. The Balaban J connectivity index is 2.10. The van der Waals surface area contributed by atoms with Crippen LogP contribution in [0.2, 0.25) is 0 Å². The monoisotopic (exact) mass is 580 g/mol. The summed E-state index contributed by atoms with van der Waals surface area (Å²) in [4.78, 5) is 39.0. The van der Waals surface area contributed by atoms with Crippen molar-refractivity contribution >= 4 is 17.7 Å². The lowest BCUT2D eigenvalue weighted by atomic mass is 10.0. The normalized spacial score (nSPS) is 13.5. The van der Waals surface area contributed by atoms with Gasteiger partial charge in [-0.2, -0.15) is 0 Å². The highest BCUT2D eigenvalue weighted by molar-refractivity contribution is 5.93.